The molecule has 1 aliphatic rings. The smallest absolute Gasteiger partial charge is 0.473 e. The van der Waals surface area contributed by atoms with Crippen LogP contribution in [0.2, 0.25) is 0 Å². The van der Waals surface area contributed by atoms with Crippen LogP contribution in [0.1, 0.15) is 136 Å². The molecule has 0 spiro atoms. The number of amides is 1. The van der Waals surface area contributed by atoms with E-state index in [1.165, 1.54) is 62.7 Å². The van der Waals surface area contributed by atoms with Gasteiger partial charge in [0.25, 0.3) is 5.69 Å². The Morgan fingerprint density at radius 2 is 1.64 bits per heavy atom. The Labute approximate surface area is 323 Å². The Morgan fingerprint density at radius 3 is 2.21 bits per heavy atom. The normalized spacial score (nSPS) is 19.0. The Hall–Kier alpha value is -2.80. The molecule has 12 nitrogen and oxygen atoms in total. The van der Waals surface area contributed by atoms with E-state index in [2.05, 4.69) is 22.9 Å². The maximum atomic E-state index is 13.7. The van der Waals surface area contributed by atoms with Crippen LogP contribution in [0.3, 0.4) is 0 Å². The standard InChI is InChI=1S/C39H58BrN2O10P/c1-7-8-9-10-11-12-13-14-15-16-17-18-22-25-35-33(41(39(5,6)50-35)37(44)51-38(2,3)4)28-49-53(47,48)52-36(29-23-20-19-21-24-29)30-26-34(43)31(40)27-32(30)42(45)46/h19-27,33,35-36,43H,7-18,28H2,1-6H3,(H,47,48)/b25-22+/t33-,35+,36?/m0/s1. The van der Waals surface area contributed by atoms with Gasteiger partial charge in [0, 0.05) is 6.07 Å². The van der Waals surface area contributed by atoms with Gasteiger partial charge in [-0.05, 0) is 75.0 Å². The predicted molar refractivity (Wildman–Crippen MR) is 209 cm³/mol. The number of rotatable bonds is 21. The van der Waals surface area contributed by atoms with Crippen molar-refractivity contribution in [3.05, 3.63) is 80.3 Å². The molecule has 2 aromatic rings. The maximum absolute atomic E-state index is 13.7. The molecular formula is C39H58BrN2O10P. The first kappa shape index (κ1) is 44.6. The summed E-state index contributed by atoms with van der Waals surface area (Å²) in [5.74, 6) is -0.329. The van der Waals surface area contributed by atoms with Crippen LogP contribution in [-0.4, -0.2) is 56.0 Å². The van der Waals surface area contributed by atoms with Crippen molar-refractivity contribution in [2.45, 2.75) is 148 Å². The topological polar surface area (TPSA) is 158 Å². The lowest BCUT2D eigenvalue weighted by molar-refractivity contribution is -0.386. The summed E-state index contributed by atoms with van der Waals surface area (Å²) in [6, 6.07) is 9.45. The number of carbonyl (C=O) groups excluding carboxylic acids is 1. The third kappa shape index (κ3) is 14.4. The van der Waals surface area contributed by atoms with Gasteiger partial charge in [0.15, 0.2) is 0 Å². The Kier molecular flexibility index (Phi) is 17.5. The van der Waals surface area contributed by atoms with Crippen molar-refractivity contribution in [2.24, 2.45) is 0 Å². The lowest BCUT2D eigenvalue weighted by Gasteiger charge is -2.35. The number of benzene rings is 2. The fourth-order valence-electron chi connectivity index (χ4n) is 6.37. The van der Waals surface area contributed by atoms with Crippen molar-refractivity contribution in [2.75, 3.05) is 6.61 Å². The summed E-state index contributed by atoms with van der Waals surface area (Å²) < 4.78 is 37.0. The quantitative estimate of drug-likeness (QED) is 0.0408. The van der Waals surface area contributed by atoms with Crippen LogP contribution in [0.4, 0.5) is 10.5 Å². The first-order valence-electron chi connectivity index (χ1n) is 18.7. The van der Waals surface area contributed by atoms with Crippen molar-refractivity contribution < 1.29 is 42.8 Å². The molecule has 2 unspecified atom stereocenters. The molecule has 0 radical (unpaired) electrons. The highest BCUT2D eigenvalue weighted by molar-refractivity contribution is 9.10. The summed E-state index contributed by atoms with van der Waals surface area (Å²) in [5, 5.41) is 22.5. The summed E-state index contributed by atoms with van der Waals surface area (Å²) in [5.41, 5.74) is -2.30. The number of nitro benzene ring substituents is 1. The average Bonchev–Trinajstić information content (AvgIpc) is 3.34. The average molecular weight is 826 g/mol. The third-order valence-electron chi connectivity index (χ3n) is 8.93. The fourth-order valence-corrected chi connectivity index (χ4v) is 7.60. The van der Waals surface area contributed by atoms with Crippen molar-refractivity contribution in [3.63, 3.8) is 0 Å². The van der Waals surface area contributed by atoms with E-state index in [0.717, 1.165) is 31.4 Å². The maximum Gasteiger partial charge on any atom is 0.473 e. The third-order valence-corrected chi connectivity index (χ3v) is 10.5. The Bertz CT molecular complexity index is 1550. The Morgan fingerprint density at radius 1 is 1.06 bits per heavy atom. The van der Waals surface area contributed by atoms with E-state index in [1.807, 2.05) is 12.2 Å². The van der Waals surface area contributed by atoms with E-state index in [9.17, 15) is 29.5 Å². The summed E-state index contributed by atoms with van der Waals surface area (Å²) >= 11 is 3.09. The number of hydrogen-bond donors (Lipinski definition) is 2. The zero-order chi connectivity index (χ0) is 39.2. The molecule has 0 aliphatic carbocycles. The van der Waals surface area contributed by atoms with Gasteiger partial charge in [0.1, 0.15) is 29.3 Å². The van der Waals surface area contributed by atoms with Gasteiger partial charge in [-0.25, -0.2) is 9.36 Å². The molecule has 1 amide bonds. The molecule has 53 heavy (non-hydrogen) atoms. The number of unbranched alkanes of at least 4 members (excludes halogenated alkanes) is 11. The molecule has 2 aromatic carbocycles. The number of phenolic OH excluding ortho intramolecular Hbond substituents is 1. The first-order chi connectivity index (χ1) is 25.0. The highest BCUT2D eigenvalue weighted by atomic mass is 79.9. The SMILES string of the molecule is CCCCCCCCCCCCC/C=C/[C@H]1OC(C)(C)N(C(=O)OC(C)(C)C)[C@H]1COP(=O)(O)OC(c1ccccc1)c1cc(O)c(Br)cc1[N+](=O)[O-]. The predicted octanol–water partition coefficient (Wildman–Crippen LogP) is 11.3. The minimum atomic E-state index is -5.01. The van der Waals surface area contributed by atoms with Gasteiger partial charge in [-0.1, -0.05) is 114 Å². The first-order valence-corrected chi connectivity index (χ1v) is 21.0. The van der Waals surface area contributed by atoms with Gasteiger partial charge in [0.05, 0.1) is 27.6 Å². The summed E-state index contributed by atoms with van der Waals surface area (Å²) in [6.45, 7) is 10.4. The molecule has 2 N–H and O–H groups in total. The number of carbonyl (C=O) groups is 1. The minimum Gasteiger partial charge on any atom is -0.507 e. The number of ether oxygens (including phenoxy) is 2. The molecule has 3 rings (SSSR count). The zero-order valence-electron chi connectivity index (χ0n) is 32.0. The molecule has 1 aliphatic heterocycles. The van der Waals surface area contributed by atoms with Gasteiger partial charge >= 0.3 is 13.9 Å². The highest BCUT2D eigenvalue weighted by Crippen LogP contribution is 2.52. The largest absolute Gasteiger partial charge is 0.507 e. The molecule has 0 saturated carbocycles. The van der Waals surface area contributed by atoms with Crippen molar-refractivity contribution >= 4 is 35.5 Å². The van der Waals surface area contributed by atoms with Crippen LogP contribution < -0.4 is 0 Å². The van der Waals surface area contributed by atoms with Crippen molar-refractivity contribution in [1.29, 1.82) is 0 Å². The highest BCUT2D eigenvalue weighted by Gasteiger charge is 2.51. The van der Waals surface area contributed by atoms with Crippen LogP contribution in [-0.2, 0) is 23.1 Å². The molecule has 1 heterocycles. The summed E-state index contributed by atoms with van der Waals surface area (Å²) in [7, 11) is -5.01. The molecule has 4 atom stereocenters. The van der Waals surface area contributed by atoms with E-state index in [1.54, 1.807) is 65.0 Å². The number of phenols is 1. The van der Waals surface area contributed by atoms with Gasteiger partial charge in [-0.3, -0.25) is 24.1 Å². The van der Waals surface area contributed by atoms with Crippen molar-refractivity contribution in [3.8, 4) is 5.75 Å². The number of hydrogen-bond acceptors (Lipinski definition) is 9. The minimum absolute atomic E-state index is 0.0665. The number of nitrogens with zero attached hydrogens (tertiary/aromatic N) is 2. The fraction of sp³-hybridized carbons (Fsp3) is 0.615. The number of phosphoric ester groups is 1. The number of halogens is 1. The monoisotopic (exact) mass is 824 g/mol. The van der Waals surface area contributed by atoms with Gasteiger partial charge < -0.3 is 19.5 Å². The summed E-state index contributed by atoms with van der Waals surface area (Å²) in [4.78, 5) is 37.4. The second kappa shape index (κ2) is 20.8. The lowest BCUT2D eigenvalue weighted by Crippen LogP contribution is -2.51. The molecule has 14 heteroatoms. The van der Waals surface area contributed by atoms with Crippen LogP contribution in [0.5, 0.6) is 5.75 Å². The van der Waals surface area contributed by atoms with E-state index in [0.29, 0.717) is 5.56 Å². The molecule has 296 valence electrons. The molecule has 1 saturated heterocycles. The number of phosphoric acid groups is 1. The molecule has 0 aromatic heterocycles. The zero-order valence-corrected chi connectivity index (χ0v) is 34.5. The Balaban J connectivity index is 1.76. The number of nitro groups is 1. The summed E-state index contributed by atoms with van der Waals surface area (Å²) in [6.07, 6.45) is 15.4. The van der Waals surface area contributed by atoms with Gasteiger partial charge in [-0.15, -0.1) is 0 Å². The van der Waals surface area contributed by atoms with Crippen LogP contribution in [0, 0.1) is 10.1 Å². The molecule has 1 fully saturated rings. The van der Waals surface area contributed by atoms with Gasteiger partial charge in [0.2, 0.25) is 0 Å². The van der Waals surface area contributed by atoms with Crippen molar-refractivity contribution in [1.82, 2.24) is 4.90 Å². The van der Waals surface area contributed by atoms with E-state index in [4.69, 9.17) is 18.5 Å². The lowest BCUT2D eigenvalue weighted by atomic mass is 10.00. The second-order valence-corrected chi connectivity index (χ2v) is 17.2. The molecular weight excluding hydrogens is 767 g/mol. The number of allylic oxidation sites excluding steroid dienone is 1. The van der Waals surface area contributed by atoms with E-state index in [-0.39, 0.29) is 15.8 Å². The van der Waals surface area contributed by atoms with Crippen LogP contribution >= 0.6 is 23.8 Å². The molecule has 0 bridgehead atoms. The number of aromatic hydroxyl groups is 1. The van der Waals surface area contributed by atoms with E-state index < -0.39 is 60.7 Å². The van der Waals surface area contributed by atoms with Crippen LogP contribution in [0.15, 0.2) is 59.1 Å². The van der Waals surface area contributed by atoms with Gasteiger partial charge in [-0.2, -0.15) is 0 Å². The second-order valence-electron chi connectivity index (χ2n) is 15.0. The van der Waals surface area contributed by atoms with E-state index >= 15 is 0 Å². The van der Waals surface area contributed by atoms with Crippen LogP contribution in [0.25, 0.3) is 0 Å².